The normalized spacial score (nSPS) is 18.9. The quantitative estimate of drug-likeness (QED) is 0.932. The largest absolute Gasteiger partial charge is 0.480 e. The van der Waals surface area contributed by atoms with Crippen molar-refractivity contribution < 1.29 is 9.90 Å². The summed E-state index contributed by atoms with van der Waals surface area (Å²) in [5.41, 5.74) is 0.864. The molecule has 1 heterocycles. The van der Waals surface area contributed by atoms with Gasteiger partial charge in [-0.2, -0.15) is 0 Å². The van der Waals surface area contributed by atoms with E-state index in [4.69, 9.17) is 0 Å². The van der Waals surface area contributed by atoms with Gasteiger partial charge >= 0.3 is 5.97 Å². The Kier molecular flexibility index (Phi) is 4.18. The molecule has 1 fully saturated rings. The van der Waals surface area contributed by atoms with Gasteiger partial charge in [-0.1, -0.05) is 34.5 Å². The van der Waals surface area contributed by atoms with Crippen LogP contribution in [-0.2, 0) is 4.79 Å². The van der Waals surface area contributed by atoms with Crippen LogP contribution in [0.25, 0.3) is 0 Å². The van der Waals surface area contributed by atoms with Crippen molar-refractivity contribution in [2.45, 2.75) is 25.3 Å². The van der Waals surface area contributed by atoms with E-state index >= 15 is 0 Å². The number of carbonyl (C=O) groups is 1. The van der Waals surface area contributed by atoms with Crippen molar-refractivity contribution in [3.8, 4) is 0 Å². The zero-order valence-electron chi connectivity index (χ0n) is 9.60. The predicted octanol–water partition coefficient (Wildman–Crippen LogP) is 3.06. The molecule has 0 bridgehead atoms. The van der Waals surface area contributed by atoms with Gasteiger partial charge in [0.1, 0.15) is 6.04 Å². The second kappa shape index (κ2) is 5.65. The Bertz CT molecular complexity index is 385. The van der Waals surface area contributed by atoms with Crippen LogP contribution in [0.15, 0.2) is 28.7 Å². The molecule has 0 saturated carbocycles. The van der Waals surface area contributed by atoms with Crippen LogP contribution in [0.5, 0.6) is 0 Å². The molecule has 0 unspecified atom stereocenters. The zero-order valence-corrected chi connectivity index (χ0v) is 11.2. The molecule has 1 saturated heterocycles. The van der Waals surface area contributed by atoms with E-state index in [-0.39, 0.29) is 0 Å². The molecule has 0 aliphatic carbocycles. The highest BCUT2D eigenvalue weighted by Crippen LogP contribution is 2.26. The maximum Gasteiger partial charge on any atom is 0.325 e. The minimum Gasteiger partial charge on any atom is -0.480 e. The molecular formula is C13H16BrNO2. The predicted molar refractivity (Wildman–Crippen MR) is 69.9 cm³/mol. The number of likely N-dealkylation sites (tertiary alicyclic amines) is 1. The summed E-state index contributed by atoms with van der Waals surface area (Å²) in [6.45, 7) is 1.76. The minimum atomic E-state index is -0.755. The van der Waals surface area contributed by atoms with Crippen LogP contribution in [0.2, 0.25) is 0 Å². The summed E-state index contributed by atoms with van der Waals surface area (Å²) < 4.78 is 0.976. The van der Waals surface area contributed by atoms with Crippen LogP contribution >= 0.6 is 15.9 Å². The number of hydrogen-bond acceptors (Lipinski definition) is 2. The second-order valence-electron chi connectivity index (χ2n) is 4.39. The molecule has 0 amide bonds. The number of hydrogen-bond donors (Lipinski definition) is 1. The topological polar surface area (TPSA) is 40.5 Å². The fourth-order valence-electron chi connectivity index (χ4n) is 2.33. The first-order valence-electron chi connectivity index (χ1n) is 5.91. The molecule has 2 rings (SSSR count). The molecule has 1 atom stereocenters. The smallest absolute Gasteiger partial charge is 0.325 e. The van der Waals surface area contributed by atoms with E-state index in [9.17, 15) is 9.90 Å². The van der Waals surface area contributed by atoms with Crippen LogP contribution in [0.1, 0.15) is 30.9 Å². The molecule has 0 radical (unpaired) electrons. The standard InChI is InChI=1S/C13H16BrNO2/c14-11-6-4-10(5-7-11)12(13(16)17)15-8-2-1-3-9-15/h4-7,12H,1-3,8-9H2,(H,16,17)/t12-/m0/s1. The fourth-order valence-corrected chi connectivity index (χ4v) is 2.60. The average Bonchev–Trinajstić information content (AvgIpc) is 2.33. The van der Waals surface area contributed by atoms with Crippen molar-refractivity contribution in [1.82, 2.24) is 4.90 Å². The molecule has 4 heteroatoms. The summed E-state index contributed by atoms with van der Waals surface area (Å²) >= 11 is 3.37. The SMILES string of the molecule is O=C(O)[C@H](c1ccc(Br)cc1)N1CCCCC1. The van der Waals surface area contributed by atoms with E-state index in [0.717, 1.165) is 36.0 Å². The molecule has 3 nitrogen and oxygen atoms in total. The fraction of sp³-hybridized carbons (Fsp3) is 0.462. The first kappa shape index (κ1) is 12.6. The highest BCUT2D eigenvalue weighted by Gasteiger charge is 2.28. The third-order valence-electron chi connectivity index (χ3n) is 3.18. The number of carboxylic acid groups (broad SMARTS) is 1. The molecule has 0 spiro atoms. The third kappa shape index (κ3) is 3.07. The average molecular weight is 298 g/mol. The second-order valence-corrected chi connectivity index (χ2v) is 5.30. The molecule has 1 N–H and O–H groups in total. The summed E-state index contributed by atoms with van der Waals surface area (Å²) in [7, 11) is 0. The van der Waals surface area contributed by atoms with Crippen molar-refractivity contribution in [3.63, 3.8) is 0 Å². The molecular weight excluding hydrogens is 282 g/mol. The number of nitrogens with zero attached hydrogens (tertiary/aromatic N) is 1. The Morgan fingerprint density at radius 1 is 1.18 bits per heavy atom. The van der Waals surface area contributed by atoms with Gasteiger partial charge in [-0.25, -0.2) is 0 Å². The van der Waals surface area contributed by atoms with Gasteiger partial charge in [0.15, 0.2) is 0 Å². The number of aliphatic carboxylic acids is 1. The lowest BCUT2D eigenvalue weighted by molar-refractivity contribution is -0.144. The molecule has 0 aromatic heterocycles. The van der Waals surface area contributed by atoms with Crippen molar-refractivity contribution in [2.24, 2.45) is 0 Å². The van der Waals surface area contributed by atoms with Gasteiger partial charge in [0.05, 0.1) is 0 Å². The first-order valence-corrected chi connectivity index (χ1v) is 6.70. The Hall–Kier alpha value is -0.870. The summed E-state index contributed by atoms with van der Waals surface area (Å²) in [5.74, 6) is -0.755. The van der Waals surface area contributed by atoms with Gasteiger partial charge in [0.25, 0.3) is 0 Å². The van der Waals surface area contributed by atoms with Gasteiger partial charge in [-0.3, -0.25) is 9.69 Å². The number of carboxylic acids is 1. The van der Waals surface area contributed by atoms with E-state index in [1.807, 2.05) is 24.3 Å². The highest BCUT2D eigenvalue weighted by atomic mass is 79.9. The molecule has 1 aliphatic heterocycles. The Labute approximate surface area is 110 Å². The van der Waals surface area contributed by atoms with Crippen LogP contribution in [0, 0.1) is 0 Å². The molecule has 1 aliphatic rings. The van der Waals surface area contributed by atoms with Gasteiger partial charge in [0.2, 0.25) is 0 Å². The van der Waals surface area contributed by atoms with Crippen LogP contribution in [-0.4, -0.2) is 29.1 Å². The van der Waals surface area contributed by atoms with Crippen LogP contribution in [0.4, 0.5) is 0 Å². The Morgan fingerprint density at radius 2 is 1.76 bits per heavy atom. The van der Waals surface area contributed by atoms with Crippen molar-refractivity contribution in [3.05, 3.63) is 34.3 Å². The zero-order chi connectivity index (χ0) is 12.3. The van der Waals surface area contributed by atoms with E-state index in [2.05, 4.69) is 20.8 Å². The van der Waals surface area contributed by atoms with Crippen LogP contribution in [0.3, 0.4) is 0 Å². The maximum absolute atomic E-state index is 11.4. The lowest BCUT2D eigenvalue weighted by atomic mass is 10.0. The van der Waals surface area contributed by atoms with Gasteiger partial charge < -0.3 is 5.11 Å². The first-order chi connectivity index (χ1) is 8.18. The van der Waals surface area contributed by atoms with E-state index in [1.54, 1.807) is 0 Å². The van der Waals surface area contributed by atoms with Crippen molar-refractivity contribution >= 4 is 21.9 Å². The molecule has 17 heavy (non-hydrogen) atoms. The lowest BCUT2D eigenvalue weighted by Crippen LogP contribution is -2.37. The van der Waals surface area contributed by atoms with E-state index < -0.39 is 12.0 Å². The molecule has 92 valence electrons. The van der Waals surface area contributed by atoms with E-state index in [1.165, 1.54) is 6.42 Å². The number of benzene rings is 1. The minimum absolute atomic E-state index is 0.497. The Morgan fingerprint density at radius 3 is 2.29 bits per heavy atom. The van der Waals surface area contributed by atoms with Crippen LogP contribution < -0.4 is 0 Å². The van der Waals surface area contributed by atoms with E-state index in [0.29, 0.717) is 0 Å². The molecule has 1 aromatic rings. The summed E-state index contributed by atoms with van der Waals surface area (Å²) in [5, 5.41) is 9.39. The highest BCUT2D eigenvalue weighted by molar-refractivity contribution is 9.10. The number of halogens is 1. The monoisotopic (exact) mass is 297 g/mol. The van der Waals surface area contributed by atoms with Gasteiger partial charge in [0, 0.05) is 4.47 Å². The van der Waals surface area contributed by atoms with Crippen molar-refractivity contribution in [2.75, 3.05) is 13.1 Å². The molecule has 1 aromatic carbocycles. The summed E-state index contributed by atoms with van der Waals surface area (Å²) in [6, 6.07) is 7.07. The van der Waals surface area contributed by atoms with Gasteiger partial charge in [-0.15, -0.1) is 0 Å². The number of rotatable bonds is 3. The van der Waals surface area contributed by atoms with Crippen molar-refractivity contribution in [1.29, 1.82) is 0 Å². The summed E-state index contributed by atoms with van der Waals surface area (Å²) in [4.78, 5) is 13.5. The third-order valence-corrected chi connectivity index (χ3v) is 3.70. The maximum atomic E-state index is 11.4. The lowest BCUT2D eigenvalue weighted by Gasteiger charge is -2.32. The number of piperidine rings is 1. The van der Waals surface area contributed by atoms with Gasteiger partial charge in [-0.05, 0) is 43.6 Å². The Balaban J connectivity index is 2.21. The summed E-state index contributed by atoms with van der Waals surface area (Å²) in [6.07, 6.45) is 3.41.